The molecule has 3 nitrogen and oxygen atoms in total. The molecule has 0 heterocycles. The number of hydrogen-bond acceptors (Lipinski definition) is 2. The summed E-state index contributed by atoms with van der Waals surface area (Å²) < 4.78 is 5.10. The van der Waals surface area contributed by atoms with Gasteiger partial charge in [-0.3, -0.25) is 0 Å². The number of carboxylic acids is 1. The molecule has 0 aromatic carbocycles. The molecule has 0 saturated carbocycles. The molecule has 0 saturated heterocycles. The molecule has 0 aliphatic carbocycles. The second-order valence-corrected chi connectivity index (χ2v) is 2.81. The van der Waals surface area contributed by atoms with Crippen LogP contribution in [0.3, 0.4) is 0 Å². The predicted molar refractivity (Wildman–Crippen MR) is 47.1 cm³/mol. The summed E-state index contributed by atoms with van der Waals surface area (Å²) in [6.07, 6.45) is 0.569. The Kier molecular flexibility index (Phi) is 5.37. The van der Waals surface area contributed by atoms with Gasteiger partial charge >= 0.3 is 5.97 Å². The first-order valence-corrected chi connectivity index (χ1v) is 4.06. The predicted octanol–water partition coefficient (Wildman–Crippen LogP) is 1.83. The topological polar surface area (TPSA) is 46.5 Å². The minimum absolute atomic E-state index is 0.445. The lowest BCUT2D eigenvalue weighted by Crippen LogP contribution is -2.23. The Labute approximate surface area is 73.0 Å². The molecule has 0 aromatic rings. The normalized spacial score (nSPS) is 12.5. The van der Waals surface area contributed by atoms with Crippen molar-refractivity contribution < 1.29 is 14.6 Å². The van der Waals surface area contributed by atoms with Crippen molar-refractivity contribution in [3.63, 3.8) is 0 Å². The van der Waals surface area contributed by atoms with Gasteiger partial charge in [0.1, 0.15) is 0 Å². The fraction of sp³-hybridized carbons (Fsp3) is 0.667. The van der Waals surface area contributed by atoms with Crippen molar-refractivity contribution in [3.8, 4) is 0 Å². The lowest BCUT2D eigenvalue weighted by molar-refractivity contribution is -0.150. The van der Waals surface area contributed by atoms with Crippen molar-refractivity contribution in [2.45, 2.75) is 32.8 Å². The molecule has 0 spiro atoms. The maximum atomic E-state index is 10.5. The standard InChI is InChI=1S/C9H16O3/c1-4-8(9(10)11)12-6-5-7(2)3/h8H,2,4-6H2,1,3H3,(H,10,11). The Morgan fingerprint density at radius 2 is 2.25 bits per heavy atom. The van der Waals surface area contributed by atoms with Gasteiger partial charge in [0.15, 0.2) is 6.10 Å². The summed E-state index contributed by atoms with van der Waals surface area (Å²) in [5.41, 5.74) is 1.01. The summed E-state index contributed by atoms with van der Waals surface area (Å²) >= 11 is 0. The first-order valence-electron chi connectivity index (χ1n) is 4.06. The van der Waals surface area contributed by atoms with Gasteiger partial charge in [-0.25, -0.2) is 4.79 Å². The first kappa shape index (κ1) is 11.2. The molecule has 0 fully saturated rings. The van der Waals surface area contributed by atoms with Gasteiger partial charge < -0.3 is 9.84 Å². The third-order valence-electron chi connectivity index (χ3n) is 1.49. The van der Waals surface area contributed by atoms with Gasteiger partial charge in [-0.2, -0.15) is 0 Å². The number of carbonyl (C=O) groups is 1. The summed E-state index contributed by atoms with van der Waals surface area (Å²) in [7, 11) is 0. The Bertz CT molecular complexity index is 163. The molecule has 0 aromatic heterocycles. The summed E-state index contributed by atoms with van der Waals surface area (Å²) in [6, 6.07) is 0. The summed E-state index contributed by atoms with van der Waals surface area (Å²) in [4.78, 5) is 10.5. The third kappa shape index (κ3) is 4.91. The highest BCUT2D eigenvalue weighted by atomic mass is 16.5. The molecule has 0 rings (SSSR count). The zero-order valence-electron chi connectivity index (χ0n) is 7.67. The smallest absolute Gasteiger partial charge is 0.332 e. The monoisotopic (exact) mass is 172 g/mol. The third-order valence-corrected chi connectivity index (χ3v) is 1.49. The average molecular weight is 172 g/mol. The van der Waals surface area contributed by atoms with Crippen molar-refractivity contribution in [3.05, 3.63) is 12.2 Å². The molecule has 1 unspecified atom stereocenters. The van der Waals surface area contributed by atoms with Crippen LogP contribution in [-0.4, -0.2) is 23.8 Å². The van der Waals surface area contributed by atoms with Crippen LogP contribution in [0.25, 0.3) is 0 Å². The van der Waals surface area contributed by atoms with Crippen LogP contribution in [0.5, 0.6) is 0 Å². The molecule has 0 aliphatic rings. The van der Waals surface area contributed by atoms with E-state index in [1.54, 1.807) is 6.92 Å². The molecular weight excluding hydrogens is 156 g/mol. The maximum Gasteiger partial charge on any atom is 0.332 e. The van der Waals surface area contributed by atoms with Gasteiger partial charge in [-0.15, -0.1) is 6.58 Å². The highest BCUT2D eigenvalue weighted by molar-refractivity contribution is 5.72. The van der Waals surface area contributed by atoms with Crippen molar-refractivity contribution in [1.29, 1.82) is 0 Å². The fourth-order valence-electron chi connectivity index (χ4n) is 0.739. The van der Waals surface area contributed by atoms with E-state index in [0.717, 1.165) is 12.0 Å². The number of hydrogen-bond donors (Lipinski definition) is 1. The van der Waals surface area contributed by atoms with E-state index < -0.39 is 12.1 Å². The molecule has 1 atom stereocenters. The van der Waals surface area contributed by atoms with Crippen LogP contribution in [0.2, 0.25) is 0 Å². The average Bonchev–Trinajstić information content (AvgIpc) is 1.96. The zero-order chi connectivity index (χ0) is 9.56. The summed E-state index contributed by atoms with van der Waals surface area (Å²) in [6.45, 7) is 7.82. The van der Waals surface area contributed by atoms with Crippen molar-refractivity contribution in [1.82, 2.24) is 0 Å². The lowest BCUT2D eigenvalue weighted by atomic mass is 10.2. The van der Waals surface area contributed by atoms with Gasteiger partial charge in [-0.05, 0) is 19.8 Å². The Balaban J connectivity index is 3.59. The lowest BCUT2D eigenvalue weighted by Gasteiger charge is -2.10. The number of aliphatic carboxylic acids is 1. The van der Waals surface area contributed by atoms with E-state index in [4.69, 9.17) is 9.84 Å². The quantitative estimate of drug-likeness (QED) is 0.622. The SMILES string of the molecule is C=C(C)CCOC(CC)C(=O)O. The fourth-order valence-corrected chi connectivity index (χ4v) is 0.739. The second-order valence-electron chi connectivity index (χ2n) is 2.81. The molecular formula is C9H16O3. The Morgan fingerprint density at radius 3 is 2.58 bits per heavy atom. The first-order chi connectivity index (χ1) is 5.57. The maximum absolute atomic E-state index is 10.5. The minimum Gasteiger partial charge on any atom is -0.479 e. The largest absolute Gasteiger partial charge is 0.479 e. The van der Waals surface area contributed by atoms with Gasteiger partial charge in [0.05, 0.1) is 6.61 Å². The van der Waals surface area contributed by atoms with Crippen molar-refractivity contribution >= 4 is 5.97 Å². The van der Waals surface area contributed by atoms with Crippen molar-refractivity contribution in [2.24, 2.45) is 0 Å². The van der Waals surface area contributed by atoms with Crippen LogP contribution in [0.15, 0.2) is 12.2 Å². The molecule has 12 heavy (non-hydrogen) atoms. The molecule has 0 radical (unpaired) electrons. The van der Waals surface area contributed by atoms with Crippen LogP contribution in [-0.2, 0) is 9.53 Å². The summed E-state index contributed by atoms with van der Waals surface area (Å²) in [5.74, 6) is -0.890. The molecule has 0 amide bonds. The Hall–Kier alpha value is -0.830. The van der Waals surface area contributed by atoms with Gasteiger partial charge in [0.2, 0.25) is 0 Å². The van der Waals surface area contributed by atoms with E-state index in [1.165, 1.54) is 0 Å². The molecule has 70 valence electrons. The van der Waals surface area contributed by atoms with Crippen LogP contribution < -0.4 is 0 Å². The van der Waals surface area contributed by atoms with E-state index in [9.17, 15) is 4.79 Å². The number of carboxylic acid groups (broad SMARTS) is 1. The van der Waals surface area contributed by atoms with Gasteiger partial charge in [0.25, 0.3) is 0 Å². The van der Waals surface area contributed by atoms with E-state index in [1.807, 2.05) is 6.92 Å². The molecule has 0 aliphatic heterocycles. The highest BCUT2D eigenvalue weighted by Gasteiger charge is 2.14. The summed E-state index contributed by atoms with van der Waals surface area (Å²) in [5, 5.41) is 8.59. The van der Waals surface area contributed by atoms with Crippen molar-refractivity contribution in [2.75, 3.05) is 6.61 Å². The molecule has 1 N–H and O–H groups in total. The van der Waals surface area contributed by atoms with E-state index in [0.29, 0.717) is 13.0 Å². The van der Waals surface area contributed by atoms with Crippen LogP contribution in [0.4, 0.5) is 0 Å². The highest BCUT2D eigenvalue weighted by Crippen LogP contribution is 2.02. The number of rotatable bonds is 6. The van der Waals surface area contributed by atoms with Gasteiger partial charge in [0, 0.05) is 0 Å². The van der Waals surface area contributed by atoms with Gasteiger partial charge in [-0.1, -0.05) is 12.5 Å². The van der Waals surface area contributed by atoms with E-state index in [-0.39, 0.29) is 0 Å². The van der Waals surface area contributed by atoms with Crippen LogP contribution in [0, 0.1) is 0 Å². The van der Waals surface area contributed by atoms with Crippen LogP contribution >= 0.6 is 0 Å². The van der Waals surface area contributed by atoms with Crippen LogP contribution in [0.1, 0.15) is 26.7 Å². The molecule has 0 bridgehead atoms. The van der Waals surface area contributed by atoms with E-state index in [2.05, 4.69) is 6.58 Å². The number of ether oxygens (including phenoxy) is 1. The Morgan fingerprint density at radius 1 is 1.67 bits per heavy atom. The van der Waals surface area contributed by atoms with E-state index >= 15 is 0 Å². The molecule has 3 heteroatoms. The second kappa shape index (κ2) is 5.77. The zero-order valence-corrected chi connectivity index (χ0v) is 7.67. The minimum atomic E-state index is -0.890.